The van der Waals surface area contributed by atoms with Gasteiger partial charge in [0.15, 0.2) is 0 Å². The second-order valence-electron chi connectivity index (χ2n) is 7.14. The van der Waals surface area contributed by atoms with Crippen molar-refractivity contribution >= 4 is 21.8 Å². The highest BCUT2D eigenvalue weighted by Gasteiger charge is 2.28. The maximum atomic E-state index is 13.0. The molecule has 1 aromatic carbocycles. The van der Waals surface area contributed by atoms with E-state index in [1.165, 1.54) is 11.9 Å². The number of likely N-dealkylation sites (N-methyl/N-ethyl adjacent to an activating group) is 1. The smallest absolute Gasteiger partial charge is 0.242 e. The number of nitrogens with zero attached hydrogens (tertiary/aromatic N) is 3. The molecule has 2 aromatic rings. The third-order valence-corrected chi connectivity index (χ3v) is 6.08. The fourth-order valence-corrected chi connectivity index (χ4v) is 3.09. The Bertz CT molecular complexity index is 981. The number of benzene rings is 1. The van der Waals surface area contributed by atoms with Crippen LogP contribution in [0.3, 0.4) is 0 Å². The molecular weight excluding hydrogens is 420 g/mol. The van der Waals surface area contributed by atoms with Crippen LogP contribution in [0.1, 0.15) is 18.1 Å². The molecular formula is C21H28N4O5S. The number of pyridine rings is 1. The summed E-state index contributed by atoms with van der Waals surface area (Å²) in [5.74, 6) is -0.155. The first-order valence-corrected chi connectivity index (χ1v) is 11.5. The lowest BCUT2D eigenvalue weighted by Crippen LogP contribution is -2.50. The first kappa shape index (κ1) is 24.3. The number of aromatic nitrogens is 1. The van der Waals surface area contributed by atoms with Gasteiger partial charge >= 0.3 is 0 Å². The maximum absolute atomic E-state index is 13.0. The van der Waals surface area contributed by atoms with Gasteiger partial charge in [0.2, 0.25) is 21.8 Å². The van der Waals surface area contributed by atoms with E-state index in [2.05, 4.69) is 10.3 Å². The van der Waals surface area contributed by atoms with E-state index in [0.717, 1.165) is 21.7 Å². The number of rotatable bonds is 10. The number of carbonyl (C=O) groups is 2. The van der Waals surface area contributed by atoms with Crippen molar-refractivity contribution in [2.75, 3.05) is 27.0 Å². The minimum absolute atomic E-state index is 0.143. The van der Waals surface area contributed by atoms with Crippen LogP contribution in [0.15, 0.2) is 48.8 Å². The predicted octanol–water partition coefficient (Wildman–Crippen LogP) is 1.02. The number of methoxy groups -OCH3 is 1. The topological polar surface area (TPSA) is 109 Å². The third-order valence-electron chi connectivity index (χ3n) is 4.82. The second kappa shape index (κ2) is 10.9. The van der Waals surface area contributed by atoms with Gasteiger partial charge in [-0.15, -0.1) is 0 Å². The number of amides is 2. The van der Waals surface area contributed by atoms with E-state index >= 15 is 0 Å². The molecule has 1 N–H and O–H groups in total. The molecule has 0 fully saturated rings. The van der Waals surface area contributed by atoms with Crippen LogP contribution in [0.4, 0.5) is 0 Å². The lowest BCUT2D eigenvalue weighted by Gasteiger charge is -2.30. The third kappa shape index (κ3) is 7.34. The largest absolute Gasteiger partial charge is 0.497 e. The highest BCUT2D eigenvalue weighted by molar-refractivity contribution is 7.88. The Morgan fingerprint density at radius 2 is 1.71 bits per heavy atom. The van der Waals surface area contributed by atoms with Gasteiger partial charge in [-0.05, 0) is 42.3 Å². The highest BCUT2D eigenvalue weighted by Crippen LogP contribution is 2.15. The average molecular weight is 449 g/mol. The zero-order valence-corrected chi connectivity index (χ0v) is 18.9. The van der Waals surface area contributed by atoms with Crippen LogP contribution in [0, 0.1) is 0 Å². The molecule has 31 heavy (non-hydrogen) atoms. The number of sulfonamides is 1. The summed E-state index contributed by atoms with van der Waals surface area (Å²) in [7, 11) is -0.660. The van der Waals surface area contributed by atoms with Gasteiger partial charge in [-0.3, -0.25) is 14.6 Å². The van der Waals surface area contributed by atoms with Gasteiger partial charge in [-0.1, -0.05) is 12.1 Å². The zero-order chi connectivity index (χ0) is 23.0. The van der Waals surface area contributed by atoms with Crippen LogP contribution < -0.4 is 10.1 Å². The van der Waals surface area contributed by atoms with Crippen molar-refractivity contribution in [2.45, 2.75) is 26.1 Å². The van der Waals surface area contributed by atoms with Crippen molar-refractivity contribution < 1.29 is 22.7 Å². The summed E-state index contributed by atoms with van der Waals surface area (Å²) in [6.45, 7) is 1.69. The molecule has 0 aliphatic rings. The SMILES string of the molecule is COc1ccc(CN(C(=O)CN(C)S(C)(=O)=O)C(C)C(=O)NCc2ccncc2)cc1. The van der Waals surface area contributed by atoms with Crippen LogP contribution in [0.5, 0.6) is 5.75 Å². The number of hydrogen-bond acceptors (Lipinski definition) is 6. The van der Waals surface area contributed by atoms with Gasteiger partial charge in [0.25, 0.3) is 0 Å². The Morgan fingerprint density at radius 3 is 2.26 bits per heavy atom. The number of hydrogen-bond donors (Lipinski definition) is 1. The van der Waals surface area contributed by atoms with Crippen molar-refractivity contribution in [1.29, 1.82) is 0 Å². The molecule has 10 heteroatoms. The van der Waals surface area contributed by atoms with Gasteiger partial charge in [0.1, 0.15) is 11.8 Å². The van der Waals surface area contributed by atoms with Crippen molar-refractivity contribution in [3.8, 4) is 5.75 Å². The molecule has 1 aromatic heterocycles. The van der Waals surface area contributed by atoms with Crippen LogP contribution in [-0.4, -0.2) is 67.4 Å². The van der Waals surface area contributed by atoms with E-state index in [1.54, 1.807) is 62.8 Å². The van der Waals surface area contributed by atoms with Crippen LogP contribution >= 0.6 is 0 Å². The van der Waals surface area contributed by atoms with Crippen LogP contribution in [0.25, 0.3) is 0 Å². The molecule has 1 atom stereocenters. The molecule has 0 radical (unpaired) electrons. The monoisotopic (exact) mass is 448 g/mol. The van der Waals surface area contributed by atoms with Gasteiger partial charge < -0.3 is 15.0 Å². The van der Waals surface area contributed by atoms with Gasteiger partial charge in [-0.2, -0.15) is 4.31 Å². The average Bonchev–Trinajstić information content (AvgIpc) is 2.75. The molecule has 2 rings (SSSR count). The molecule has 0 aliphatic heterocycles. The Labute approximate surface area is 183 Å². The Morgan fingerprint density at radius 1 is 1.10 bits per heavy atom. The summed E-state index contributed by atoms with van der Waals surface area (Å²) in [5, 5.41) is 2.81. The molecule has 0 spiro atoms. The van der Waals surface area contributed by atoms with Crippen molar-refractivity contribution in [3.05, 3.63) is 59.9 Å². The zero-order valence-electron chi connectivity index (χ0n) is 18.1. The lowest BCUT2D eigenvalue weighted by atomic mass is 10.1. The summed E-state index contributed by atoms with van der Waals surface area (Å²) in [6, 6.07) is 9.86. The molecule has 2 amide bonds. The van der Waals surface area contributed by atoms with E-state index in [9.17, 15) is 18.0 Å². The maximum Gasteiger partial charge on any atom is 0.242 e. The molecule has 0 saturated heterocycles. The van der Waals surface area contributed by atoms with Crippen molar-refractivity contribution in [1.82, 2.24) is 19.5 Å². The fraction of sp³-hybridized carbons (Fsp3) is 0.381. The Kier molecular flexibility index (Phi) is 8.52. The Hall–Kier alpha value is -2.98. The van der Waals surface area contributed by atoms with Gasteiger partial charge in [0.05, 0.1) is 19.9 Å². The predicted molar refractivity (Wildman–Crippen MR) is 117 cm³/mol. The summed E-state index contributed by atoms with van der Waals surface area (Å²) in [5.41, 5.74) is 1.66. The normalized spacial score (nSPS) is 12.3. The van der Waals surface area contributed by atoms with Gasteiger partial charge in [0, 0.05) is 32.5 Å². The molecule has 0 bridgehead atoms. The standard InChI is InChI=1S/C21H28N4O5S/c1-16(21(27)23-13-17-9-11-22-12-10-17)25(20(26)15-24(2)31(4,28)29)14-18-5-7-19(30-3)8-6-18/h5-12,16H,13-15H2,1-4H3,(H,23,27). The quantitative estimate of drug-likeness (QED) is 0.581. The number of carbonyl (C=O) groups excluding carboxylic acids is 2. The van der Waals surface area contributed by atoms with Crippen molar-refractivity contribution in [2.24, 2.45) is 0 Å². The molecule has 1 heterocycles. The fourth-order valence-electron chi connectivity index (χ4n) is 2.75. The van der Waals surface area contributed by atoms with E-state index < -0.39 is 22.0 Å². The first-order chi connectivity index (χ1) is 14.6. The summed E-state index contributed by atoms with van der Waals surface area (Å²) in [6.07, 6.45) is 4.29. The number of nitrogens with one attached hydrogen (secondary N) is 1. The van der Waals surface area contributed by atoms with Crippen LogP contribution in [0.2, 0.25) is 0 Å². The molecule has 0 aliphatic carbocycles. The van der Waals surface area contributed by atoms with E-state index in [4.69, 9.17) is 4.74 Å². The van der Waals surface area contributed by atoms with E-state index in [1.807, 2.05) is 0 Å². The van der Waals surface area contributed by atoms with E-state index in [-0.39, 0.29) is 19.0 Å². The molecule has 0 saturated carbocycles. The van der Waals surface area contributed by atoms with Gasteiger partial charge in [-0.25, -0.2) is 8.42 Å². The molecule has 168 valence electrons. The van der Waals surface area contributed by atoms with E-state index in [0.29, 0.717) is 12.3 Å². The summed E-state index contributed by atoms with van der Waals surface area (Å²) >= 11 is 0. The summed E-state index contributed by atoms with van der Waals surface area (Å²) < 4.78 is 29.6. The lowest BCUT2D eigenvalue weighted by molar-refractivity contribution is -0.140. The number of ether oxygens (including phenoxy) is 1. The Balaban J connectivity index is 2.17. The summed E-state index contributed by atoms with van der Waals surface area (Å²) in [4.78, 5) is 31.0. The molecule has 9 nitrogen and oxygen atoms in total. The first-order valence-electron chi connectivity index (χ1n) is 9.62. The minimum atomic E-state index is -3.54. The highest BCUT2D eigenvalue weighted by atomic mass is 32.2. The van der Waals surface area contributed by atoms with Crippen molar-refractivity contribution in [3.63, 3.8) is 0 Å². The molecule has 1 unspecified atom stereocenters. The second-order valence-corrected chi connectivity index (χ2v) is 9.23. The minimum Gasteiger partial charge on any atom is -0.497 e. The van der Waals surface area contributed by atoms with Crippen LogP contribution in [-0.2, 0) is 32.7 Å².